The van der Waals surface area contributed by atoms with E-state index in [2.05, 4.69) is 27.7 Å². The normalized spacial score (nSPS) is 15.6. The zero-order chi connectivity index (χ0) is 24.1. The van der Waals surface area contributed by atoms with Crippen molar-refractivity contribution in [3.05, 3.63) is 83.0 Å². The summed E-state index contributed by atoms with van der Waals surface area (Å²) in [4.78, 5) is 28.4. The van der Waals surface area contributed by atoms with Gasteiger partial charge in [0.1, 0.15) is 5.82 Å². The molecule has 0 spiro atoms. The van der Waals surface area contributed by atoms with Crippen LogP contribution in [0.25, 0.3) is 0 Å². The molecule has 0 radical (unpaired) electrons. The van der Waals surface area contributed by atoms with Crippen molar-refractivity contribution in [2.45, 2.75) is 45.2 Å². The Morgan fingerprint density at radius 1 is 1.03 bits per heavy atom. The molecule has 0 bridgehead atoms. The zero-order valence-electron chi connectivity index (χ0n) is 20.1. The van der Waals surface area contributed by atoms with Gasteiger partial charge in [0.25, 0.3) is 5.91 Å². The van der Waals surface area contributed by atoms with Crippen molar-refractivity contribution >= 4 is 17.6 Å². The van der Waals surface area contributed by atoms with Crippen LogP contribution in [0.3, 0.4) is 0 Å². The molecule has 1 saturated heterocycles. The van der Waals surface area contributed by atoms with E-state index in [-0.39, 0.29) is 24.3 Å². The number of likely N-dealkylation sites (tertiary alicyclic amines) is 1. The third-order valence-electron chi connectivity index (χ3n) is 6.37. The summed E-state index contributed by atoms with van der Waals surface area (Å²) in [6.07, 6.45) is 2.12. The lowest BCUT2D eigenvalue weighted by Crippen LogP contribution is -2.33. The van der Waals surface area contributed by atoms with E-state index in [1.807, 2.05) is 67.1 Å². The Bertz CT molecular complexity index is 1120. The topological polar surface area (TPSA) is 79.3 Å². The average molecular weight is 460 g/mol. The summed E-state index contributed by atoms with van der Waals surface area (Å²) in [5.41, 5.74) is 3.43. The third kappa shape index (κ3) is 5.91. The first-order valence-corrected chi connectivity index (χ1v) is 11.9. The van der Waals surface area contributed by atoms with Crippen LogP contribution in [-0.4, -0.2) is 46.6 Å². The number of carbonyl (C=O) groups excluding carboxylic acids is 2. The summed E-state index contributed by atoms with van der Waals surface area (Å²) in [5.74, 6) is 0.356. The van der Waals surface area contributed by atoms with Crippen molar-refractivity contribution in [3.63, 3.8) is 0 Å². The molecular weight excluding hydrogens is 426 g/mol. The third-order valence-corrected chi connectivity index (χ3v) is 6.37. The highest BCUT2D eigenvalue weighted by Gasteiger charge is 2.24. The maximum atomic E-state index is 13.1. The molecule has 7 nitrogen and oxygen atoms in total. The minimum absolute atomic E-state index is 0.124. The van der Waals surface area contributed by atoms with E-state index in [9.17, 15) is 9.59 Å². The largest absolute Gasteiger partial charge is 0.345 e. The Kier molecular flexibility index (Phi) is 7.43. The number of rotatable bonds is 7. The summed E-state index contributed by atoms with van der Waals surface area (Å²) in [6, 6.07) is 18.8. The van der Waals surface area contributed by atoms with E-state index >= 15 is 0 Å². The van der Waals surface area contributed by atoms with E-state index < -0.39 is 6.04 Å². The monoisotopic (exact) mass is 459 g/mol. The molecular formula is C27H33N5O2. The smallest absolute Gasteiger partial charge is 0.251 e. The lowest BCUT2D eigenvalue weighted by molar-refractivity contribution is -0.116. The van der Waals surface area contributed by atoms with Gasteiger partial charge in [-0.25, -0.2) is 4.68 Å². The number of aromatic nitrogens is 2. The quantitative estimate of drug-likeness (QED) is 0.553. The number of anilines is 1. The van der Waals surface area contributed by atoms with Crippen molar-refractivity contribution in [3.8, 4) is 0 Å². The second kappa shape index (κ2) is 10.7. The lowest BCUT2D eigenvalue weighted by Gasteiger charge is -2.30. The van der Waals surface area contributed by atoms with Gasteiger partial charge in [-0.3, -0.25) is 9.59 Å². The molecule has 2 N–H and O–H groups in total. The Labute approximate surface area is 201 Å². The van der Waals surface area contributed by atoms with Gasteiger partial charge in [0, 0.05) is 11.6 Å². The highest BCUT2D eigenvalue weighted by molar-refractivity contribution is 5.95. The molecule has 0 saturated carbocycles. The van der Waals surface area contributed by atoms with E-state index in [0.29, 0.717) is 11.4 Å². The molecule has 0 aliphatic carbocycles. The molecule has 7 heteroatoms. The standard InChI is InChI=1S/C27H33N5O2/c1-19-9-11-22(12-10-19)27(34)28-24(21-7-5-4-6-8-21)18-26(33)29-25-17-20(2)30-32(25)23-13-15-31(3)16-14-23/h4-12,17,23-24H,13-16,18H2,1-3H3,(H,28,34)(H,29,33). The van der Waals surface area contributed by atoms with Gasteiger partial charge in [-0.2, -0.15) is 5.10 Å². The summed E-state index contributed by atoms with van der Waals surface area (Å²) in [6.45, 7) is 5.95. The number of carbonyl (C=O) groups is 2. The molecule has 1 aliphatic rings. The van der Waals surface area contributed by atoms with Crippen LogP contribution in [0, 0.1) is 13.8 Å². The van der Waals surface area contributed by atoms with Gasteiger partial charge >= 0.3 is 0 Å². The fraction of sp³-hybridized carbons (Fsp3) is 0.370. The summed E-state index contributed by atoms with van der Waals surface area (Å²) >= 11 is 0. The number of hydrogen-bond acceptors (Lipinski definition) is 4. The number of benzene rings is 2. The first kappa shape index (κ1) is 23.7. The molecule has 1 fully saturated rings. The Morgan fingerprint density at radius 3 is 2.38 bits per heavy atom. The van der Waals surface area contributed by atoms with Crippen LogP contribution < -0.4 is 10.6 Å². The molecule has 178 valence electrons. The molecule has 1 aliphatic heterocycles. The second-order valence-electron chi connectivity index (χ2n) is 9.21. The molecule has 2 aromatic carbocycles. The minimum Gasteiger partial charge on any atom is -0.345 e. The molecule has 3 aromatic rings. The van der Waals surface area contributed by atoms with Crippen LogP contribution >= 0.6 is 0 Å². The van der Waals surface area contributed by atoms with Crippen LogP contribution in [0.1, 0.15) is 58.5 Å². The van der Waals surface area contributed by atoms with Gasteiger partial charge < -0.3 is 15.5 Å². The van der Waals surface area contributed by atoms with E-state index in [1.54, 1.807) is 12.1 Å². The summed E-state index contributed by atoms with van der Waals surface area (Å²) < 4.78 is 1.96. The lowest BCUT2D eigenvalue weighted by atomic mass is 10.0. The Balaban J connectivity index is 1.48. The van der Waals surface area contributed by atoms with Gasteiger partial charge in [-0.15, -0.1) is 0 Å². The number of hydrogen-bond donors (Lipinski definition) is 2. The van der Waals surface area contributed by atoms with Crippen molar-refractivity contribution in [1.82, 2.24) is 20.0 Å². The Hall–Kier alpha value is -3.45. The van der Waals surface area contributed by atoms with Crippen molar-refractivity contribution in [1.29, 1.82) is 0 Å². The molecule has 4 rings (SSSR count). The molecule has 2 amide bonds. The predicted molar refractivity (Wildman–Crippen MR) is 134 cm³/mol. The van der Waals surface area contributed by atoms with Gasteiger partial charge in [0.2, 0.25) is 5.91 Å². The SMILES string of the molecule is Cc1ccc(C(=O)NC(CC(=O)Nc2cc(C)nn2C2CCN(C)CC2)c2ccccc2)cc1. The maximum absolute atomic E-state index is 13.1. The van der Waals surface area contributed by atoms with E-state index in [1.165, 1.54) is 0 Å². The fourth-order valence-electron chi connectivity index (χ4n) is 4.39. The van der Waals surface area contributed by atoms with Gasteiger partial charge in [0.05, 0.1) is 24.2 Å². The number of aryl methyl sites for hydroxylation is 2. The van der Waals surface area contributed by atoms with Gasteiger partial charge in [-0.05, 0) is 64.5 Å². The number of nitrogens with zero attached hydrogens (tertiary/aromatic N) is 3. The van der Waals surface area contributed by atoms with Crippen LogP contribution in [0.5, 0.6) is 0 Å². The van der Waals surface area contributed by atoms with Crippen LogP contribution in [-0.2, 0) is 4.79 Å². The first-order valence-electron chi connectivity index (χ1n) is 11.9. The fourth-order valence-corrected chi connectivity index (χ4v) is 4.39. The van der Waals surface area contributed by atoms with Crippen molar-refractivity contribution in [2.75, 3.05) is 25.5 Å². The average Bonchev–Trinajstić information content (AvgIpc) is 3.19. The summed E-state index contributed by atoms with van der Waals surface area (Å²) in [7, 11) is 2.13. The second-order valence-corrected chi connectivity index (χ2v) is 9.21. The molecule has 1 atom stereocenters. The van der Waals surface area contributed by atoms with Gasteiger partial charge in [-0.1, -0.05) is 48.0 Å². The summed E-state index contributed by atoms with van der Waals surface area (Å²) in [5, 5.41) is 10.8. The number of nitrogens with one attached hydrogen (secondary N) is 2. The predicted octanol–water partition coefficient (Wildman–Crippen LogP) is 4.27. The highest BCUT2D eigenvalue weighted by Crippen LogP contribution is 2.26. The number of piperidine rings is 1. The van der Waals surface area contributed by atoms with Gasteiger partial charge in [0.15, 0.2) is 0 Å². The molecule has 2 heterocycles. The molecule has 34 heavy (non-hydrogen) atoms. The van der Waals surface area contributed by atoms with Crippen LogP contribution in [0.2, 0.25) is 0 Å². The van der Waals surface area contributed by atoms with E-state index in [0.717, 1.165) is 42.8 Å². The number of amides is 2. The van der Waals surface area contributed by atoms with Crippen molar-refractivity contribution < 1.29 is 9.59 Å². The van der Waals surface area contributed by atoms with Crippen molar-refractivity contribution in [2.24, 2.45) is 0 Å². The molecule has 1 unspecified atom stereocenters. The Morgan fingerprint density at radius 2 is 1.71 bits per heavy atom. The first-order chi connectivity index (χ1) is 16.4. The van der Waals surface area contributed by atoms with Crippen LogP contribution in [0.15, 0.2) is 60.7 Å². The highest BCUT2D eigenvalue weighted by atomic mass is 16.2. The molecule has 1 aromatic heterocycles. The van der Waals surface area contributed by atoms with Crippen LogP contribution in [0.4, 0.5) is 5.82 Å². The van der Waals surface area contributed by atoms with E-state index in [4.69, 9.17) is 0 Å². The maximum Gasteiger partial charge on any atom is 0.251 e. The minimum atomic E-state index is -0.448. The zero-order valence-corrected chi connectivity index (χ0v) is 20.1.